The second-order valence-electron chi connectivity index (χ2n) is 8.82. The molecule has 1 saturated heterocycles. The summed E-state index contributed by atoms with van der Waals surface area (Å²) in [6.07, 6.45) is 0. The normalized spacial score (nSPS) is 19.0. The van der Waals surface area contributed by atoms with Gasteiger partial charge in [-0.1, -0.05) is 11.6 Å². The van der Waals surface area contributed by atoms with E-state index >= 15 is 0 Å². The summed E-state index contributed by atoms with van der Waals surface area (Å²) in [5.41, 5.74) is 4.50. The number of aromatic nitrogens is 2. The van der Waals surface area contributed by atoms with E-state index in [1.54, 1.807) is 0 Å². The van der Waals surface area contributed by atoms with E-state index in [-0.39, 0.29) is 11.9 Å². The summed E-state index contributed by atoms with van der Waals surface area (Å²) in [6.45, 7) is 6.70. The number of thiophene rings is 1. The molecule has 2 aliphatic rings. The molecule has 7 nitrogen and oxygen atoms in total. The molecule has 0 unspecified atom stereocenters. The largest absolute Gasteiger partial charge is 0.381 e. The number of rotatable bonds is 3. The van der Waals surface area contributed by atoms with Gasteiger partial charge in [-0.15, -0.1) is 11.3 Å². The van der Waals surface area contributed by atoms with E-state index in [1.165, 1.54) is 11.3 Å². The predicted molar refractivity (Wildman–Crippen MR) is 137 cm³/mol. The maximum absolute atomic E-state index is 12.7. The SMILES string of the molecule is C[C@@H]1CNc2c(sc3ccc4nc(-c5cc(Cl)nc(CN6CCOCC6)c5)ccc4c23)C(=O)N1. The Bertz CT molecular complexity index is 1420. The maximum atomic E-state index is 12.7. The zero-order valence-electron chi connectivity index (χ0n) is 18.7. The molecule has 0 aliphatic carbocycles. The molecule has 5 heterocycles. The van der Waals surface area contributed by atoms with Crippen LogP contribution in [0.25, 0.3) is 32.2 Å². The molecule has 34 heavy (non-hydrogen) atoms. The number of benzene rings is 1. The highest BCUT2D eigenvalue weighted by Crippen LogP contribution is 2.41. The molecule has 0 bridgehead atoms. The highest BCUT2D eigenvalue weighted by atomic mass is 35.5. The van der Waals surface area contributed by atoms with Gasteiger partial charge in [-0.3, -0.25) is 9.69 Å². The van der Waals surface area contributed by atoms with Gasteiger partial charge in [-0.25, -0.2) is 9.97 Å². The first-order chi connectivity index (χ1) is 16.5. The molecular formula is C25H24ClN5O2S. The summed E-state index contributed by atoms with van der Waals surface area (Å²) in [4.78, 5) is 25.2. The number of ether oxygens (including phenoxy) is 1. The monoisotopic (exact) mass is 493 g/mol. The first kappa shape index (κ1) is 21.7. The third-order valence-corrected chi connectivity index (χ3v) is 7.67. The Morgan fingerprint density at radius 2 is 2.03 bits per heavy atom. The van der Waals surface area contributed by atoms with Crippen LogP contribution in [0.3, 0.4) is 0 Å². The van der Waals surface area contributed by atoms with Crippen LogP contribution in [0, 0.1) is 0 Å². The highest BCUT2D eigenvalue weighted by molar-refractivity contribution is 7.21. The molecule has 1 aromatic carbocycles. The van der Waals surface area contributed by atoms with Crippen molar-refractivity contribution < 1.29 is 9.53 Å². The number of carbonyl (C=O) groups is 1. The molecule has 1 fully saturated rings. The van der Waals surface area contributed by atoms with Gasteiger partial charge in [0.2, 0.25) is 0 Å². The van der Waals surface area contributed by atoms with Crippen molar-refractivity contribution in [1.29, 1.82) is 0 Å². The molecule has 1 amide bonds. The molecule has 9 heteroatoms. The van der Waals surface area contributed by atoms with Crippen LogP contribution in [0.15, 0.2) is 36.4 Å². The van der Waals surface area contributed by atoms with Gasteiger partial charge in [0.05, 0.1) is 35.8 Å². The zero-order valence-corrected chi connectivity index (χ0v) is 20.3. The number of nitrogens with zero attached hydrogens (tertiary/aromatic N) is 3. The van der Waals surface area contributed by atoms with Crippen molar-refractivity contribution in [2.45, 2.75) is 19.5 Å². The minimum atomic E-state index is -0.0225. The number of halogens is 1. The van der Waals surface area contributed by atoms with Crippen LogP contribution < -0.4 is 10.6 Å². The van der Waals surface area contributed by atoms with E-state index in [9.17, 15) is 4.79 Å². The number of fused-ring (bicyclic) bond motifs is 5. The van der Waals surface area contributed by atoms with Crippen molar-refractivity contribution in [1.82, 2.24) is 20.2 Å². The zero-order chi connectivity index (χ0) is 23.2. The third kappa shape index (κ3) is 4.01. The molecule has 2 N–H and O–H groups in total. The summed E-state index contributed by atoms with van der Waals surface area (Å²) >= 11 is 7.91. The summed E-state index contributed by atoms with van der Waals surface area (Å²) in [5.74, 6) is -0.0225. The molecule has 0 saturated carbocycles. The van der Waals surface area contributed by atoms with Crippen molar-refractivity contribution in [3.63, 3.8) is 0 Å². The fraction of sp³-hybridized carbons (Fsp3) is 0.320. The lowest BCUT2D eigenvalue weighted by molar-refractivity contribution is 0.0336. The molecule has 0 radical (unpaired) electrons. The molecular weight excluding hydrogens is 470 g/mol. The average Bonchev–Trinajstić information content (AvgIpc) is 3.15. The fourth-order valence-electron chi connectivity index (χ4n) is 4.65. The van der Waals surface area contributed by atoms with Crippen LogP contribution in [0.4, 0.5) is 5.69 Å². The molecule has 4 aromatic rings. The van der Waals surface area contributed by atoms with Gasteiger partial charge in [0.1, 0.15) is 10.0 Å². The van der Waals surface area contributed by atoms with Crippen LogP contribution in [-0.2, 0) is 11.3 Å². The topological polar surface area (TPSA) is 79.4 Å². The van der Waals surface area contributed by atoms with Crippen molar-refractivity contribution in [2.24, 2.45) is 0 Å². The van der Waals surface area contributed by atoms with Gasteiger partial charge >= 0.3 is 0 Å². The number of pyridine rings is 2. The van der Waals surface area contributed by atoms with Crippen molar-refractivity contribution in [3.05, 3.63) is 52.1 Å². The number of nitrogens with one attached hydrogen (secondary N) is 2. The number of anilines is 1. The Kier molecular flexibility index (Phi) is 5.61. The molecule has 3 aromatic heterocycles. The summed E-state index contributed by atoms with van der Waals surface area (Å²) in [6, 6.07) is 12.2. The van der Waals surface area contributed by atoms with E-state index < -0.39 is 0 Å². The van der Waals surface area contributed by atoms with Gasteiger partial charge in [0.15, 0.2) is 0 Å². The average molecular weight is 494 g/mol. The Labute approximate surface area is 206 Å². The van der Waals surface area contributed by atoms with E-state index in [1.807, 2.05) is 25.1 Å². The van der Waals surface area contributed by atoms with Gasteiger partial charge < -0.3 is 15.4 Å². The van der Waals surface area contributed by atoms with Crippen LogP contribution in [0.2, 0.25) is 5.15 Å². The lowest BCUT2D eigenvalue weighted by Crippen LogP contribution is -2.35. The third-order valence-electron chi connectivity index (χ3n) is 6.32. The van der Waals surface area contributed by atoms with Gasteiger partial charge in [-0.05, 0) is 43.3 Å². The van der Waals surface area contributed by atoms with E-state index in [4.69, 9.17) is 21.3 Å². The number of carbonyl (C=O) groups excluding carboxylic acids is 1. The number of hydrogen-bond donors (Lipinski definition) is 2. The van der Waals surface area contributed by atoms with Crippen LogP contribution in [0.5, 0.6) is 0 Å². The molecule has 6 rings (SSSR count). The minimum absolute atomic E-state index is 0.0225. The van der Waals surface area contributed by atoms with Crippen molar-refractivity contribution >= 4 is 55.5 Å². The lowest BCUT2D eigenvalue weighted by atomic mass is 10.1. The van der Waals surface area contributed by atoms with Crippen LogP contribution in [-0.4, -0.2) is 59.7 Å². The fourth-order valence-corrected chi connectivity index (χ4v) is 5.98. The van der Waals surface area contributed by atoms with Crippen molar-refractivity contribution in [3.8, 4) is 11.3 Å². The van der Waals surface area contributed by atoms with Crippen molar-refractivity contribution in [2.75, 3.05) is 38.2 Å². The van der Waals surface area contributed by atoms with E-state index in [2.05, 4.69) is 38.7 Å². The van der Waals surface area contributed by atoms with Gasteiger partial charge in [0.25, 0.3) is 5.91 Å². The van der Waals surface area contributed by atoms with E-state index in [0.717, 1.165) is 81.4 Å². The summed E-state index contributed by atoms with van der Waals surface area (Å²) < 4.78 is 6.52. The first-order valence-corrected chi connectivity index (χ1v) is 12.6. The summed E-state index contributed by atoms with van der Waals surface area (Å²) in [7, 11) is 0. The Hall–Kier alpha value is -2.78. The molecule has 174 valence electrons. The first-order valence-electron chi connectivity index (χ1n) is 11.4. The Morgan fingerprint density at radius 1 is 1.18 bits per heavy atom. The Morgan fingerprint density at radius 3 is 2.88 bits per heavy atom. The molecule has 1 atom stereocenters. The minimum Gasteiger partial charge on any atom is -0.381 e. The van der Waals surface area contributed by atoms with Gasteiger partial charge in [0, 0.05) is 53.3 Å². The number of amides is 1. The second-order valence-corrected chi connectivity index (χ2v) is 10.3. The molecule has 2 aliphatic heterocycles. The van der Waals surface area contributed by atoms with E-state index in [0.29, 0.717) is 11.7 Å². The lowest BCUT2D eigenvalue weighted by Gasteiger charge is -2.26. The highest BCUT2D eigenvalue weighted by Gasteiger charge is 2.25. The maximum Gasteiger partial charge on any atom is 0.263 e. The van der Waals surface area contributed by atoms with Gasteiger partial charge in [-0.2, -0.15) is 0 Å². The number of morpholine rings is 1. The molecule has 0 spiro atoms. The predicted octanol–water partition coefficient (Wildman–Crippen LogP) is 4.54. The quantitative estimate of drug-likeness (QED) is 0.408. The summed E-state index contributed by atoms with van der Waals surface area (Å²) in [5, 5.41) is 9.07. The standard InChI is InChI=1S/C25H24ClN5O2S/c1-14-12-27-23-22-17-2-3-18(30-19(17)4-5-20(22)34-24(23)25(32)28-14)15-10-16(29-21(26)11-15)13-31-6-8-33-9-7-31/h2-5,10-11,14,27H,6-9,12-13H2,1H3,(H,28,32)/t14-/m1/s1. The second kappa shape index (κ2) is 8.78. The van der Waals surface area contributed by atoms with Crippen LogP contribution >= 0.6 is 22.9 Å². The Balaban J connectivity index is 1.40. The number of hydrogen-bond acceptors (Lipinski definition) is 7. The van der Waals surface area contributed by atoms with Crippen LogP contribution in [0.1, 0.15) is 22.3 Å². The smallest absolute Gasteiger partial charge is 0.263 e.